The lowest BCUT2D eigenvalue weighted by Gasteiger charge is -2.17. The summed E-state index contributed by atoms with van der Waals surface area (Å²) in [6.45, 7) is 1.80. The summed E-state index contributed by atoms with van der Waals surface area (Å²) in [7, 11) is 0. The number of fused-ring (bicyclic) bond motifs is 1. The molecule has 0 saturated carbocycles. The third-order valence-electron chi connectivity index (χ3n) is 3.26. The highest BCUT2D eigenvalue weighted by molar-refractivity contribution is 7.90. The first kappa shape index (κ1) is 15.7. The first-order valence-electron chi connectivity index (χ1n) is 6.16. The molecule has 112 valence electrons. The van der Waals surface area contributed by atoms with E-state index in [1.54, 1.807) is 30.0 Å². The first-order valence-corrected chi connectivity index (χ1v) is 7.89. The molecule has 1 aromatic heterocycles. The molecule has 7 heteroatoms. The van der Waals surface area contributed by atoms with Crippen molar-refractivity contribution < 1.29 is 17.7 Å². The van der Waals surface area contributed by atoms with Crippen molar-refractivity contribution in [3.05, 3.63) is 35.5 Å². The molecule has 0 aliphatic heterocycles. The molecule has 1 aromatic carbocycles. The van der Waals surface area contributed by atoms with E-state index in [1.807, 2.05) is 0 Å². The van der Waals surface area contributed by atoms with Gasteiger partial charge in [-0.25, -0.2) is 0 Å². The molecule has 0 fully saturated rings. The molecule has 0 saturated heterocycles. The zero-order valence-corrected chi connectivity index (χ0v) is 12.3. The summed E-state index contributed by atoms with van der Waals surface area (Å²) in [5.41, 5.74) is -0.912. The molecule has 0 amide bonds. The minimum Gasteiger partial charge on any atom is -0.616 e. The minimum atomic E-state index is -4.59. The third kappa shape index (κ3) is 3.01. The van der Waals surface area contributed by atoms with Gasteiger partial charge in [-0.3, -0.25) is 0 Å². The summed E-state index contributed by atoms with van der Waals surface area (Å²) in [6, 6.07) is 5.43. The summed E-state index contributed by atoms with van der Waals surface area (Å²) in [6.07, 6.45) is -1.50. The quantitative estimate of drug-likeness (QED) is 0.815. The first-order chi connectivity index (χ1) is 9.75. The van der Waals surface area contributed by atoms with Gasteiger partial charge in [-0.2, -0.15) is 18.4 Å². The zero-order valence-electron chi connectivity index (χ0n) is 11.4. The second kappa shape index (κ2) is 5.62. The van der Waals surface area contributed by atoms with E-state index in [1.165, 1.54) is 18.2 Å². The van der Waals surface area contributed by atoms with Gasteiger partial charge >= 0.3 is 6.18 Å². The fourth-order valence-electron chi connectivity index (χ4n) is 2.44. The summed E-state index contributed by atoms with van der Waals surface area (Å²) >= 11 is -1.05. The Balaban J connectivity index is 2.64. The molecule has 0 spiro atoms. The molecule has 0 radical (unpaired) electrons. The van der Waals surface area contributed by atoms with E-state index in [-0.39, 0.29) is 17.0 Å². The molecule has 0 aliphatic rings. The van der Waals surface area contributed by atoms with Gasteiger partial charge in [0.05, 0.1) is 29.5 Å². The van der Waals surface area contributed by atoms with Crippen LogP contribution in [0.15, 0.2) is 24.4 Å². The van der Waals surface area contributed by atoms with E-state index in [2.05, 4.69) is 0 Å². The molecule has 2 rings (SSSR count). The SMILES string of the molecule is C[C@@H](C[S+](C)[O-])n1ccc2c(C(F)(F)F)c(C#N)ccc21. The predicted molar refractivity (Wildman–Crippen MR) is 75.3 cm³/mol. The van der Waals surface area contributed by atoms with Gasteiger partial charge in [-0.1, -0.05) is 11.2 Å². The number of nitrogens with zero attached hydrogens (tertiary/aromatic N) is 2. The van der Waals surface area contributed by atoms with Crippen molar-refractivity contribution in [2.45, 2.75) is 19.1 Å². The summed E-state index contributed by atoms with van der Waals surface area (Å²) in [5.74, 6) is 0.352. The van der Waals surface area contributed by atoms with Crippen molar-refractivity contribution in [1.29, 1.82) is 5.26 Å². The van der Waals surface area contributed by atoms with Crippen LogP contribution >= 0.6 is 0 Å². The van der Waals surface area contributed by atoms with Crippen molar-refractivity contribution in [3.8, 4) is 6.07 Å². The number of nitriles is 1. The van der Waals surface area contributed by atoms with Gasteiger partial charge in [-0.05, 0) is 25.1 Å². The van der Waals surface area contributed by atoms with Crippen LogP contribution in [0.4, 0.5) is 13.2 Å². The van der Waals surface area contributed by atoms with E-state index in [0.29, 0.717) is 11.3 Å². The number of hydrogen-bond donors (Lipinski definition) is 0. The largest absolute Gasteiger partial charge is 0.616 e. The van der Waals surface area contributed by atoms with Crippen molar-refractivity contribution in [2.24, 2.45) is 0 Å². The summed E-state index contributed by atoms with van der Waals surface area (Å²) in [5, 5.41) is 8.87. The van der Waals surface area contributed by atoms with Crippen molar-refractivity contribution in [3.63, 3.8) is 0 Å². The van der Waals surface area contributed by atoms with Crippen LogP contribution in [0.25, 0.3) is 10.9 Å². The van der Waals surface area contributed by atoms with Crippen LogP contribution in [-0.4, -0.2) is 21.1 Å². The van der Waals surface area contributed by atoms with Crippen LogP contribution in [0, 0.1) is 11.3 Å². The maximum absolute atomic E-state index is 13.2. The molecule has 0 aliphatic carbocycles. The predicted octanol–water partition coefficient (Wildman–Crippen LogP) is 3.47. The van der Waals surface area contributed by atoms with E-state index in [9.17, 15) is 17.7 Å². The molecular weight excluding hydrogens is 301 g/mol. The van der Waals surface area contributed by atoms with E-state index < -0.39 is 22.9 Å². The van der Waals surface area contributed by atoms with Crippen LogP contribution in [0.2, 0.25) is 0 Å². The average molecular weight is 314 g/mol. The average Bonchev–Trinajstić information content (AvgIpc) is 2.78. The van der Waals surface area contributed by atoms with Crippen LogP contribution in [0.1, 0.15) is 24.1 Å². The van der Waals surface area contributed by atoms with Crippen molar-refractivity contribution in [1.82, 2.24) is 4.57 Å². The number of benzene rings is 1. The monoisotopic (exact) mass is 314 g/mol. The topological polar surface area (TPSA) is 51.8 Å². The standard InChI is InChI=1S/C14H13F3N2OS/c1-9(8-21(2)20)19-6-5-11-12(19)4-3-10(7-18)13(11)14(15,16)17/h3-6,9H,8H2,1-2H3/t9-,21?/m0/s1. The Morgan fingerprint density at radius 3 is 2.57 bits per heavy atom. The van der Waals surface area contributed by atoms with Crippen LogP contribution in [0.3, 0.4) is 0 Å². The fourth-order valence-corrected chi connectivity index (χ4v) is 3.28. The Hall–Kier alpha value is -1.65. The summed E-state index contributed by atoms with van der Waals surface area (Å²) in [4.78, 5) is 0. The molecular formula is C14H13F3N2OS. The Morgan fingerprint density at radius 2 is 2.05 bits per heavy atom. The number of alkyl halides is 3. The van der Waals surface area contributed by atoms with Gasteiger partial charge in [0.2, 0.25) is 0 Å². The number of aromatic nitrogens is 1. The van der Waals surface area contributed by atoms with E-state index in [4.69, 9.17) is 5.26 Å². The lowest BCUT2D eigenvalue weighted by Crippen LogP contribution is -2.16. The molecule has 2 aromatic rings. The zero-order chi connectivity index (χ0) is 15.8. The normalized spacial score (nSPS) is 14.9. The van der Waals surface area contributed by atoms with Crippen molar-refractivity contribution >= 4 is 22.1 Å². The highest BCUT2D eigenvalue weighted by atomic mass is 32.2. The molecule has 1 unspecified atom stereocenters. The van der Waals surface area contributed by atoms with Gasteiger partial charge in [-0.15, -0.1) is 0 Å². The van der Waals surface area contributed by atoms with Gasteiger partial charge < -0.3 is 9.12 Å². The number of rotatable bonds is 3. The Morgan fingerprint density at radius 1 is 1.38 bits per heavy atom. The smallest absolute Gasteiger partial charge is 0.418 e. The van der Waals surface area contributed by atoms with Gasteiger partial charge in [0.1, 0.15) is 5.75 Å². The van der Waals surface area contributed by atoms with Gasteiger partial charge in [0, 0.05) is 17.1 Å². The second-order valence-electron chi connectivity index (χ2n) is 4.84. The molecule has 1 heterocycles. The van der Waals surface area contributed by atoms with Gasteiger partial charge in [0.25, 0.3) is 0 Å². The van der Waals surface area contributed by atoms with Crippen LogP contribution in [0.5, 0.6) is 0 Å². The number of hydrogen-bond acceptors (Lipinski definition) is 2. The Bertz CT molecular complexity index is 701. The summed E-state index contributed by atoms with van der Waals surface area (Å²) < 4.78 is 52.5. The lowest BCUT2D eigenvalue weighted by molar-refractivity contribution is -0.136. The van der Waals surface area contributed by atoms with Gasteiger partial charge in [0.15, 0.2) is 0 Å². The minimum absolute atomic E-state index is 0.00437. The highest BCUT2D eigenvalue weighted by Crippen LogP contribution is 2.38. The molecule has 0 bridgehead atoms. The fraction of sp³-hybridized carbons (Fsp3) is 0.357. The third-order valence-corrected chi connectivity index (χ3v) is 4.21. The molecule has 3 nitrogen and oxygen atoms in total. The Kier molecular flexibility index (Phi) is 4.21. The van der Waals surface area contributed by atoms with Crippen LogP contribution < -0.4 is 0 Å². The number of halogens is 3. The molecule has 2 atom stereocenters. The van der Waals surface area contributed by atoms with E-state index >= 15 is 0 Å². The highest BCUT2D eigenvalue weighted by Gasteiger charge is 2.36. The van der Waals surface area contributed by atoms with Crippen LogP contribution in [-0.2, 0) is 17.4 Å². The maximum Gasteiger partial charge on any atom is 0.418 e. The van der Waals surface area contributed by atoms with E-state index in [0.717, 1.165) is 0 Å². The Labute approximate surface area is 123 Å². The molecule has 21 heavy (non-hydrogen) atoms. The molecule has 0 N–H and O–H groups in total. The maximum atomic E-state index is 13.2. The lowest BCUT2D eigenvalue weighted by atomic mass is 10.0. The second-order valence-corrected chi connectivity index (χ2v) is 6.32. The van der Waals surface area contributed by atoms with Crippen molar-refractivity contribution in [2.75, 3.05) is 12.0 Å².